The number of benzene rings is 1. The maximum atomic E-state index is 13.8. The summed E-state index contributed by atoms with van der Waals surface area (Å²) in [6.45, 7) is 19.4. The summed E-state index contributed by atoms with van der Waals surface area (Å²) in [5.74, 6) is 2.48. The van der Waals surface area contributed by atoms with E-state index < -0.39 is 5.97 Å². The molecule has 56 heavy (non-hydrogen) atoms. The monoisotopic (exact) mass is 770 g/mol. The molecule has 6 heteroatoms. The molecule has 6 nitrogen and oxygen atoms in total. The summed E-state index contributed by atoms with van der Waals surface area (Å²) in [5, 5.41) is 22.8. The molecular weight excluding hydrogens is 693 g/mol. The molecule has 0 aromatic heterocycles. The number of carboxylic acid groups (broad SMARTS) is 1. The van der Waals surface area contributed by atoms with Gasteiger partial charge in [0.15, 0.2) is 0 Å². The molecule has 1 aromatic rings. The number of hydrogen-bond acceptors (Lipinski definition) is 3. The molecule has 3 N–H and O–H groups in total. The second-order valence-corrected chi connectivity index (χ2v) is 17.4. The number of quaternary nitrogens is 1. The van der Waals surface area contributed by atoms with Crippen molar-refractivity contribution >= 4 is 17.4 Å². The Morgan fingerprint density at radius 1 is 0.768 bits per heavy atom. The standard InChI is InChI=1S/C37H54N2O4.C3H8.C2H6.4C2H2/c1-34(2)27(24-9-11-25(12-10-24)32(40)41)15-19-36(4)30(34)17-20-35(3)28-16-21-37(33(42)38-22-23-39(5,6)43)18-7-8-29(37)26(28)13-14-31(35)36;1-3-2;5*1-2/h9-12,15,26,28-31,43H,7-8,13-14,16-23H2,1-6H3,(H-,38,40,41,42);3H2,1-2H3;1-2H3;4*1-2H/p+1/t26-,28?,29?,30?,31?,35-,36-,37-;;;;;;/m0....../s1. The fraction of sp³-hybridized carbons (Fsp3) is 0.640. The fourth-order valence-corrected chi connectivity index (χ4v) is 12.1. The molecule has 0 spiro atoms. The highest BCUT2D eigenvalue weighted by atomic mass is 16.5. The van der Waals surface area contributed by atoms with Gasteiger partial charge < -0.3 is 10.4 Å². The van der Waals surface area contributed by atoms with E-state index in [1.807, 2.05) is 26.0 Å². The van der Waals surface area contributed by atoms with Crippen molar-refractivity contribution in [3.63, 3.8) is 0 Å². The summed E-state index contributed by atoms with van der Waals surface area (Å²) in [7, 11) is 3.51. The Morgan fingerprint density at radius 3 is 1.84 bits per heavy atom. The lowest BCUT2D eigenvalue weighted by Gasteiger charge is -2.68. The number of carbonyl (C=O) groups is 2. The van der Waals surface area contributed by atoms with Crippen LogP contribution in [0.2, 0.25) is 0 Å². The number of likely N-dealkylation sites (N-methyl/N-ethyl adjacent to an activating group) is 1. The molecule has 5 aliphatic rings. The third kappa shape index (κ3) is 10.5. The Morgan fingerprint density at radius 2 is 1.32 bits per heavy atom. The highest BCUT2D eigenvalue weighted by molar-refractivity contribution is 5.88. The van der Waals surface area contributed by atoms with E-state index in [4.69, 9.17) is 0 Å². The Balaban J connectivity index is 0.00000210. The Bertz CT molecular complexity index is 1470. The lowest BCUT2D eigenvalue weighted by Crippen LogP contribution is -2.62. The molecular formula is C50H77N2O4+. The molecule has 6 rings (SSSR count). The van der Waals surface area contributed by atoms with Gasteiger partial charge in [0.2, 0.25) is 5.91 Å². The first kappa shape index (κ1) is 52.1. The van der Waals surface area contributed by atoms with Gasteiger partial charge in [0.1, 0.15) is 6.54 Å². The maximum absolute atomic E-state index is 13.8. The van der Waals surface area contributed by atoms with Crippen molar-refractivity contribution < 1.29 is 24.5 Å². The molecule has 0 bridgehead atoms. The van der Waals surface area contributed by atoms with Crippen LogP contribution >= 0.6 is 0 Å². The van der Waals surface area contributed by atoms with E-state index in [-0.39, 0.29) is 26.8 Å². The van der Waals surface area contributed by atoms with Crippen LogP contribution in [-0.2, 0) is 4.79 Å². The molecule has 0 aliphatic heterocycles. The van der Waals surface area contributed by atoms with Crippen molar-refractivity contribution in [2.45, 2.75) is 126 Å². The number of nitrogens with one attached hydrogen (secondary N) is 1. The van der Waals surface area contributed by atoms with Crippen molar-refractivity contribution in [2.75, 3.05) is 27.2 Å². The van der Waals surface area contributed by atoms with Crippen molar-refractivity contribution in [2.24, 2.45) is 51.2 Å². The highest BCUT2D eigenvalue weighted by Crippen LogP contribution is 2.73. The molecule has 0 radical (unpaired) electrons. The molecule has 4 fully saturated rings. The lowest BCUT2D eigenvalue weighted by atomic mass is 9.36. The van der Waals surface area contributed by atoms with Crippen LogP contribution in [-0.4, -0.2) is 54.0 Å². The van der Waals surface area contributed by atoms with E-state index in [2.05, 4.69) is 104 Å². The van der Waals surface area contributed by atoms with E-state index in [9.17, 15) is 19.9 Å². The number of hydroxylamine groups is 3. The SMILES string of the molecule is C#C.C#C.C#C.C#C.CC.CC1(C)C(c2ccc(C(=O)O)cc2)=CC[C@@]2(C)C1CC[C@@]1(C)C3CC[C@@]4(C(=O)NCC[N+](C)(C)O)CCCC4[C@H]3CCC12.CCC. The molecule has 0 heterocycles. The third-order valence-corrected chi connectivity index (χ3v) is 13.9. The molecule has 5 aliphatic carbocycles. The lowest BCUT2D eigenvalue weighted by molar-refractivity contribution is -1.07. The van der Waals surface area contributed by atoms with Gasteiger partial charge in [0.25, 0.3) is 0 Å². The Labute approximate surface area is 343 Å². The first-order valence-electron chi connectivity index (χ1n) is 20.8. The van der Waals surface area contributed by atoms with Crippen LogP contribution in [0, 0.1) is 103 Å². The normalized spacial score (nSPS) is 31.2. The second-order valence-electron chi connectivity index (χ2n) is 17.4. The van der Waals surface area contributed by atoms with E-state index >= 15 is 0 Å². The quantitative estimate of drug-likeness (QED) is 0.153. The van der Waals surface area contributed by atoms with Crippen molar-refractivity contribution in [3.05, 3.63) is 41.5 Å². The van der Waals surface area contributed by atoms with Gasteiger partial charge in [-0.05, 0) is 127 Å². The number of rotatable bonds is 6. The van der Waals surface area contributed by atoms with Crippen molar-refractivity contribution in [1.29, 1.82) is 0 Å². The zero-order chi connectivity index (χ0) is 43.7. The topological polar surface area (TPSA) is 86.6 Å². The minimum absolute atomic E-state index is 0.0169. The largest absolute Gasteiger partial charge is 0.478 e. The minimum atomic E-state index is -0.874. The summed E-state index contributed by atoms with van der Waals surface area (Å²) in [6.07, 6.45) is 47.4. The van der Waals surface area contributed by atoms with Crippen LogP contribution in [0.1, 0.15) is 142 Å². The number of fused-ring (bicyclic) bond motifs is 7. The number of carboxylic acids is 1. The van der Waals surface area contributed by atoms with Crippen molar-refractivity contribution in [1.82, 2.24) is 5.32 Å². The Kier molecular flexibility index (Phi) is 21.1. The molecule has 4 unspecified atom stereocenters. The summed E-state index contributed by atoms with van der Waals surface area (Å²) in [5.41, 5.74) is 3.25. The van der Waals surface area contributed by atoms with Crippen LogP contribution in [0.15, 0.2) is 30.3 Å². The third-order valence-electron chi connectivity index (χ3n) is 13.9. The Hall–Kier alpha value is -3.94. The van der Waals surface area contributed by atoms with Crippen LogP contribution in [0.5, 0.6) is 0 Å². The van der Waals surface area contributed by atoms with Gasteiger partial charge in [0, 0.05) is 0 Å². The summed E-state index contributed by atoms with van der Waals surface area (Å²) >= 11 is 0. The van der Waals surface area contributed by atoms with E-state index in [0.717, 1.165) is 25.7 Å². The highest BCUT2D eigenvalue weighted by Gasteiger charge is 2.66. The summed E-state index contributed by atoms with van der Waals surface area (Å²) in [6, 6.07) is 7.52. The van der Waals surface area contributed by atoms with Crippen molar-refractivity contribution in [3.8, 4) is 51.4 Å². The van der Waals surface area contributed by atoms with Gasteiger partial charge in [0.05, 0.1) is 31.6 Å². The van der Waals surface area contributed by atoms with E-state index in [1.165, 1.54) is 56.1 Å². The van der Waals surface area contributed by atoms with Crippen LogP contribution < -0.4 is 5.32 Å². The maximum Gasteiger partial charge on any atom is 0.335 e. The number of carbonyl (C=O) groups excluding carboxylic acids is 1. The van der Waals surface area contributed by atoms with Gasteiger partial charge in [-0.15, -0.1) is 51.4 Å². The molecule has 4 saturated carbocycles. The average Bonchev–Trinajstić information content (AvgIpc) is 3.65. The molecule has 1 amide bonds. The fourth-order valence-electron chi connectivity index (χ4n) is 12.1. The molecule has 1 aromatic carbocycles. The number of amides is 1. The van der Waals surface area contributed by atoms with Crippen LogP contribution in [0.25, 0.3) is 5.57 Å². The van der Waals surface area contributed by atoms with Gasteiger partial charge >= 0.3 is 5.97 Å². The summed E-state index contributed by atoms with van der Waals surface area (Å²) < 4.78 is -0.120. The predicted molar refractivity (Wildman–Crippen MR) is 236 cm³/mol. The zero-order valence-electron chi connectivity index (χ0n) is 36.7. The minimum Gasteiger partial charge on any atom is -0.478 e. The zero-order valence-corrected chi connectivity index (χ0v) is 36.7. The van der Waals surface area contributed by atoms with Crippen LogP contribution in [0.4, 0.5) is 0 Å². The predicted octanol–water partition coefficient (Wildman–Crippen LogP) is 10.9. The number of terminal acetylenes is 4. The first-order chi connectivity index (χ1) is 26.5. The number of aromatic carboxylic acids is 1. The molecule has 8 atom stereocenters. The van der Waals surface area contributed by atoms with Gasteiger partial charge in [-0.2, -0.15) is 4.65 Å². The van der Waals surface area contributed by atoms with Gasteiger partial charge in [-0.25, -0.2) is 10.0 Å². The first-order valence-corrected chi connectivity index (χ1v) is 20.8. The molecule has 310 valence electrons. The smallest absolute Gasteiger partial charge is 0.335 e. The average molecular weight is 770 g/mol. The van der Waals surface area contributed by atoms with Gasteiger partial charge in [-0.3, -0.25) is 4.79 Å². The number of allylic oxidation sites excluding steroid dienone is 2. The number of nitrogens with zero attached hydrogens (tertiary/aromatic N) is 1. The summed E-state index contributed by atoms with van der Waals surface area (Å²) in [4.78, 5) is 25.3. The van der Waals surface area contributed by atoms with E-state index in [0.29, 0.717) is 53.7 Å². The molecule has 0 saturated heterocycles. The van der Waals surface area contributed by atoms with Gasteiger partial charge in [-0.1, -0.05) is 86.4 Å². The number of hydrogen-bond donors (Lipinski definition) is 3. The second kappa shape index (κ2) is 22.7. The van der Waals surface area contributed by atoms with E-state index in [1.54, 1.807) is 26.2 Å². The van der Waals surface area contributed by atoms with Crippen LogP contribution in [0.3, 0.4) is 0 Å².